The van der Waals surface area contributed by atoms with Gasteiger partial charge in [0.15, 0.2) is 5.78 Å². The summed E-state index contributed by atoms with van der Waals surface area (Å²) in [4.78, 5) is 13.2. The highest BCUT2D eigenvalue weighted by atomic mass is 16.1. The van der Waals surface area contributed by atoms with Crippen molar-refractivity contribution in [2.24, 2.45) is 52.3 Å². The normalized spacial score (nSPS) is 41.9. The van der Waals surface area contributed by atoms with Crippen LogP contribution in [0.4, 0.5) is 0 Å². The maximum Gasteiger partial charge on any atom is 0.159 e. The Balaban J connectivity index is 1.50. The first-order valence-corrected chi connectivity index (χ1v) is 14.0. The lowest BCUT2D eigenvalue weighted by Crippen LogP contribution is -2.51. The Kier molecular flexibility index (Phi) is 6.83. The first-order valence-electron chi connectivity index (χ1n) is 14.0. The Morgan fingerprint density at radius 1 is 0.871 bits per heavy atom. The van der Waals surface area contributed by atoms with E-state index in [-0.39, 0.29) is 5.41 Å². The fraction of sp³-hybridized carbons (Fsp3) is 0.900. The van der Waals surface area contributed by atoms with Crippen molar-refractivity contribution in [2.45, 2.75) is 119 Å². The van der Waals surface area contributed by atoms with Gasteiger partial charge in [-0.05, 0) is 97.4 Å². The summed E-state index contributed by atoms with van der Waals surface area (Å²) in [5, 5.41) is 0. The predicted molar refractivity (Wildman–Crippen MR) is 132 cm³/mol. The van der Waals surface area contributed by atoms with Crippen molar-refractivity contribution in [3.8, 4) is 0 Å². The largest absolute Gasteiger partial charge is 0.295 e. The maximum atomic E-state index is 13.2. The molecule has 0 aromatic rings. The third kappa shape index (κ3) is 3.99. The van der Waals surface area contributed by atoms with E-state index in [9.17, 15) is 4.79 Å². The van der Waals surface area contributed by atoms with Crippen LogP contribution in [0.1, 0.15) is 119 Å². The highest BCUT2D eigenvalue weighted by Crippen LogP contribution is 2.66. The molecule has 0 bridgehead atoms. The summed E-state index contributed by atoms with van der Waals surface area (Å²) in [6.07, 6.45) is 18.2. The molecule has 0 spiro atoms. The van der Waals surface area contributed by atoms with Gasteiger partial charge >= 0.3 is 0 Å². The van der Waals surface area contributed by atoms with Gasteiger partial charge in [0.2, 0.25) is 0 Å². The van der Waals surface area contributed by atoms with Crippen LogP contribution in [0.15, 0.2) is 11.6 Å². The smallest absolute Gasteiger partial charge is 0.159 e. The molecule has 0 aromatic carbocycles. The van der Waals surface area contributed by atoms with E-state index in [0.29, 0.717) is 29.0 Å². The van der Waals surface area contributed by atoms with E-state index in [1.807, 2.05) is 0 Å². The topological polar surface area (TPSA) is 17.1 Å². The lowest BCUT2D eigenvalue weighted by Gasteiger charge is -2.56. The number of ketones is 1. The zero-order valence-electron chi connectivity index (χ0n) is 21.5. The summed E-state index contributed by atoms with van der Waals surface area (Å²) in [5.74, 6) is 5.57. The Morgan fingerprint density at radius 2 is 1.61 bits per heavy atom. The third-order valence-corrected chi connectivity index (χ3v) is 11.2. The van der Waals surface area contributed by atoms with E-state index in [4.69, 9.17) is 0 Å². The van der Waals surface area contributed by atoms with Crippen LogP contribution in [0.2, 0.25) is 0 Å². The predicted octanol–water partition coefficient (Wildman–Crippen LogP) is 8.62. The molecule has 1 nitrogen and oxygen atoms in total. The molecule has 0 N–H and O–H groups in total. The van der Waals surface area contributed by atoms with Gasteiger partial charge in [0.05, 0.1) is 0 Å². The summed E-state index contributed by atoms with van der Waals surface area (Å²) in [5.41, 5.74) is 2.30. The van der Waals surface area contributed by atoms with Gasteiger partial charge in [-0.3, -0.25) is 4.79 Å². The zero-order valence-corrected chi connectivity index (χ0v) is 21.5. The van der Waals surface area contributed by atoms with Gasteiger partial charge in [-0.25, -0.2) is 0 Å². The minimum Gasteiger partial charge on any atom is -0.295 e. The van der Waals surface area contributed by atoms with E-state index in [0.717, 1.165) is 30.1 Å². The van der Waals surface area contributed by atoms with Crippen LogP contribution in [0.3, 0.4) is 0 Å². The second kappa shape index (κ2) is 8.98. The SMILES string of the molecule is CCC[C@H](CC[C@@H](C)[C@H]1CC[C@H]2C3=CC(=O)[C@H]4CCCC[C@]4(C)[C@H]3CC[C@]12C)C(C)C. The monoisotopic (exact) mass is 426 g/mol. The fourth-order valence-electron chi connectivity index (χ4n) is 9.25. The van der Waals surface area contributed by atoms with Gasteiger partial charge < -0.3 is 0 Å². The van der Waals surface area contributed by atoms with Crippen molar-refractivity contribution in [1.82, 2.24) is 0 Å². The van der Waals surface area contributed by atoms with Gasteiger partial charge in [-0.1, -0.05) is 79.2 Å². The molecule has 1 heteroatoms. The standard InChI is InChI=1S/C30H50O/c1-7-10-22(20(2)3)13-12-21(4)24-14-15-25-23-19-28(31)27-11-8-9-17-29(27,5)26(23)16-18-30(24,25)6/h19-22,24-27H,7-18H2,1-6H3/t21-,22-,24-,25+,26+,27-,29-,30-/m1/s1. The molecule has 4 rings (SSSR count). The molecule has 0 saturated heterocycles. The number of fused-ring (bicyclic) bond motifs is 5. The molecule has 4 aliphatic carbocycles. The molecule has 3 saturated carbocycles. The van der Waals surface area contributed by atoms with Crippen LogP contribution in [-0.2, 0) is 4.79 Å². The lowest BCUT2D eigenvalue weighted by atomic mass is 9.47. The minimum absolute atomic E-state index is 0.259. The van der Waals surface area contributed by atoms with Crippen molar-refractivity contribution >= 4 is 5.78 Å². The molecule has 176 valence electrons. The van der Waals surface area contributed by atoms with E-state index in [1.54, 1.807) is 5.57 Å². The second-order valence-electron chi connectivity index (χ2n) is 13.0. The minimum atomic E-state index is 0.259. The first-order chi connectivity index (χ1) is 14.7. The van der Waals surface area contributed by atoms with Crippen molar-refractivity contribution in [2.75, 3.05) is 0 Å². The summed E-state index contributed by atoms with van der Waals surface area (Å²) in [7, 11) is 0. The average molecular weight is 427 g/mol. The Hall–Kier alpha value is -0.590. The van der Waals surface area contributed by atoms with Crippen LogP contribution >= 0.6 is 0 Å². The van der Waals surface area contributed by atoms with Crippen molar-refractivity contribution < 1.29 is 4.79 Å². The number of hydrogen-bond donors (Lipinski definition) is 0. The molecule has 8 atom stereocenters. The van der Waals surface area contributed by atoms with E-state index >= 15 is 0 Å². The molecular weight excluding hydrogens is 376 g/mol. The molecular formula is C30H50O. The number of allylic oxidation sites excluding steroid dienone is 2. The first kappa shape index (κ1) is 23.6. The van der Waals surface area contributed by atoms with Crippen molar-refractivity contribution in [3.63, 3.8) is 0 Å². The summed E-state index contributed by atoms with van der Waals surface area (Å²) in [6, 6.07) is 0. The van der Waals surface area contributed by atoms with E-state index < -0.39 is 0 Å². The molecule has 3 fully saturated rings. The highest BCUT2D eigenvalue weighted by Gasteiger charge is 2.59. The molecule has 4 aliphatic rings. The Morgan fingerprint density at radius 3 is 2.32 bits per heavy atom. The van der Waals surface area contributed by atoms with Gasteiger partial charge in [-0.2, -0.15) is 0 Å². The van der Waals surface area contributed by atoms with Crippen LogP contribution in [0.5, 0.6) is 0 Å². The molecule has 0 heterocycles. The van der Waals surface area contributed by atoms with Gasteiger partial charge in [0.25, 0.3) is 0 Å². The molecule has 0 aliphatic heterocycles. The number of rotatable bonds is 7. The zero-order chi connectivity index (χ0) is 22.4. The summed E-state index contributed by atoms with van der Waals surface area (Å²) < 4.78 is 0. The molecule has 0 unspecified atom stereocenters. The quantitative estimate of drug-likeness (QED) is 0.398. The van der Waals surface area contributed by atoms with Gasteiger partial charge in [0.1, 0.15) is 0 Å². The van der Waals surface area contributed by atoms with E-state index in [2.05, 4.69) is 47.6 Å². The Labute approximate surface area is 193 Å². The van der Waals surface area contributed by atoms with E-state index in [1.165, 1.54) is 70.6 Å². The van der Waals surface area contributed by atoms with Crippen LogP contribution in [0, 0.1) is 52.3 Å². The molecule has 0 amide bonds. The summed E-state index contributed by atoms with van der Waals surface area (Å²) >= 11 is 0. The maximum absolute atomic E-state index is 13.2. The average Bonchev–Trinajstić information content (AvgIpc) is 3.08. The van der Waals surface area contributed by atoms with Crippen LogP contribution in [-0.4, -0.2) is 5.78 Å². The number of hydrogen-bond acceptors (Lipinski definition) is 1. The molecule has 31 heavy (non-hydrogen) atoms. The number of carbonyl (C=O) groups is 1. The second-order valence-corrected chi connectivity index (χ2v) is 13.0. The van der Waals surface area contributed by atoms with Gasteiger partial charge in [-0.15, -0.1) is 0 Å². The summed E-state index contributed by atoms with van der Waals surface area (Å²) in [6.45, 7) is 14.9. The van der Waals surface area contributed by atoms with Crippen molar-refractivity contribution in [1.29, 1.82) is 0 Å². The lowest BCUT2D eigenvalue weighted by molar-refractivity contribution is -0.128. The van der Waals surface area contributed by atoms with Crippen LogP contribution < -0.4 is 0 Å². The van der Waals surface area contributed by atoms with Crippen molar-refractivity contribution in [3.05, 3.63) is 11.6 Å². The fourth-order valence-corrected chi connectivity index (χ4v) is 9.25. The molecule has 0 aromatic heterocycles. The third-order valence-electron chi connectivity index (χ3n) is 11.2. The van der Waals surface area contributed by atoms with Gasteiger partial charge in [0, 0.05) is 5.92 Å². The van der Waals surface area contributed by atoms with Crippen LogP contribution in [0.25, 0.3) is 0 Å². The number of carbonyl (C=O) groups excluding carboxylic acids is 1. The Bertz CT molecular complexity index is 689. The molecule has 0 radical (unpaired) electrons. The highest BCUT2D eigenvalue weighted by molar-refractivity contribution is 5.94.